The molecule has 0 fully saturated rings. The van der Waals surface area contributed by atoms with Crippen molar-refractivity contribution in [2.24, 2.45) is 0 Å². The van der Waals surface area contributed by atoms with Crippen molar-refractivity contribution in [1.29, 1.82) is 0 Å². The number of nitrogen functional groups attached to an aromatic ring is 2. The van der Waals surface area contributed by atoms with E-state index in [9.17, 15) is 0 Å². The molecule has 38 valence electrons. The summed E-state index contributed by atoms with van der Waals surface area (Å²) >= 11 is 0. The van der Waals surface area contributed by atoms with Crippen LogP contribution in [0.2, 0.25) is 0 Å². The summed E-state index contributed by atoms with van der Waals surface area (Å²) in [5.41, 5.74) is 11.2. The molecule has 0 bridgehead atoms. The Morgan fingerprint density at radius 1 is 1.43 bits per heavy atom. The van der Waals surface area contributed by atoms with Crippen molar-refractivity contribution < 1.29 is 0 Å². The van der Waals surface area contributed by atoms with Gasteiger partial charge in [-0.05, 0) is 0 Å². The van der Waals surface area contributed by atoms with E-state index >= 15 is 0 Å². The Morgan fingerprint density at radius 2 is 2.14 bits per heavy atom. The van der Waals surface area contributed by atoms with Crippen molar-refractivity contribution in [3.8, 4) is 0 Å². The topological polar surface area (TPSA) is 67.8 Å². The Kier molecular flexibility index (Phi) is 0.685. The molecule has 0 radical (unpaired) electrons. The van der Waals surface area contributed by atoms with Crippen LogP contribution in [0.4, 0.5) is 11.5 Å². The van der Waals surface area contributed by atoms with Crippen LogP contribution in [-0.4, -0.2) is 4.98 Å². The summed E-state index contributed by atoms with van der Waals surface area (Å²) < 4.78 is 0. The van der Waals surface area contributed by atoms with E-state index in [2.05, 4.69) is 4.98 Å². The Hall–Kier alpha value is -1.12. The second-order valence-corrected chi connectivity index (χ2v) is 1.39. The highest BCUT2D eigenvalue weighted by Crippen LogP contribution is 2.03. The van der Waals surface area contributed by atoms with Gasteiger partial charge >= 0.3 is 0 Å². The number of hydrogen-bond donors (Lipinski definition) is 3. The molecule has 0 aromatic carbocycles. The first-order chi connectivity index (χ1) is 3.29. The average molecular weight is 97.1 g/mol. The number of nitrogens with two attached hydrogens (primary N) is 2. The van der Waals surface area contributed by atoms with E-state index in [1.807, 2.05) is 0 Å². The third-order valence-corrected chi connectivity index (χ3v) is 0.728. The average Bonchev–Trinajstić information content (AvgIpc) is 1.87. The van der Waals surface area contributed by atoms with E-state index in [0.717, 1.165) is 0 Å². The van der Waals surface area contributed by atoms with Crippen LogP contribution in [-0.2, 0) is 0 Å². The van der Waals surface area contributed by atoms with Crippen LogP contribution in [0.25, 0.3) is 0 Å². The molecule has 0 atom stereocenters. The molecule has 1 aromatic rings. The molecule has 7 heavy (non-hydrogen) atoms. The van der Waals surface area contributed by atoms with Crippen molar-refractivity contribution >= 4 is 11.5 Å². The van der Waals surface area contributed by atoms with E-state index < -0.39 is 0 Å². The van der Waals surface area contributed by atoms with Crippen molar-refractivity contribution in [3.63, 3.8) is 0 Å². The lowest BCUT2D eigenvalue weighted by Gasteiger charge is -1.73. The van der Waals surface area contributed by atoms with E-state index in [1.54, 1.807) is 12.3 Å². The minimum Gasteiger partial charge on any atom is -0.397 e. The SMILES string of the molecule is Nc1c[nH]c(N)c1. The van der Waals surface area contributed by atoms with Gasteiger partial charge in [0.25, 0.3) is 0 Å². The van der Waals surface area contributed by atoms with Crippen LogP contribution in [0.5, 0.6) is 0 Å². The van der Waals surface area contributed by atoms with Gasteiger partial charge in [-0.1, -0.05) is 0 Å². The zero-order chi connectivity index (χ0) is 5.28. The Balaban J connectivity index is 3.04. The van der Waals surface area contributed by atoms with Crippen molar-refractivity contribution in [1.82, 2.24) is 4.98 Å². The summed E-state index contributed by atoms with van der Waals surface area (Å²) in [7, 11) is 0. The van der Waals surface area contributed by atoms with Crippen molar-refractivity contribution in [3.05, 3.63) is 12.3 Å². The van der Waals surface area contributed by atoms with E-state index in [0.29, 0.717) is 11.5 Å². The molecule has 0 amide bonds. The second kappa shape index (κ2) is 1.18. The highest BCUT2D eigenvalue weighted by molar-refractivity contribution is 5.46. The summed E-state index contributed by atoms with van der Waals surface area (Å²) in [5, 5.41) is 0. The van der Waals surface area contributed by atoms with Crippen LogP contribution in [0, 0.1) is 0 Å². The van der Waals surface area contributed by atoms with Crippen molar-refractivity contribution in [2.45, 2.75) is 0 Å². The fourth-order valence-electron chi connectivity index (χ4n) is 0.430. The molecule has 0 aliphatic heterocycles. The predicted molar refractivity (Wildman–Crippen MR) is 29.6 cm³/mol. The quantitative estimate of drug-likeness (QED) is 0.432. The lowest BCUT2D eigenvalue weighted by Crippen LogP contribution is -1.80. The molecule has 3 heteroatoms. The number of hydrogen-bond acceptors (Lipinski definition) is 2. The number of aromatic amines is 1. The maximum atomic E-state index is 5.27. The summed E-state index contributed by atoms with van der Waals surface area (Å²) in [6.45, 7) is 0. The number of nitrogens with one attached hydrogen (secondary N) is 1. The summed E-state index contributed by atoms with van der Waals surface area (Å²) in [6, 6.07) is 1.67. The van der Waals surface area contributed by atoms with E-state index in [4.69, 9.17) is 11.5 Å². The van der Waals surface area contributed by atoms with Gasteiger partial charge in [-0.25, -0.2) is 0 Å². The molecular formula is C4H7N3. The van der Waals surface area contributed by atoms with Gasteiger partial charge in [-0.15, -0.1) is 0 Å². The zero-order valence-corrected chi connectivity index (χ0v) is 3.81. The molecule has 1 rings (SSSR count). The molecular weight excluding hydrogens is 90.1 g/mol. The van der Waals surface area contributed by atoms with Gasteiger partial charge in [0.2, 0.25) is 0 Å². The number of H-pyrrole nitrogens is 1. The molecule has 0 saturated heterocycles. The Labute approximate surface area is 41.3 Å². The Bertz CT molecular complexity index is 139. The number of aromatic nitrogens is 1. The molecule has 0 spiro atoms. The van der Waals surface area contributed by atoms with Crippen LogP contribution in [0.15, 0.2) is 12.3 Å². The first-order valence-corrected chi connectivity index (χ1v) is 1.98. The van der Waals surface area contributed by atoms with Gasteiger partial charge in [-0.2, -0.15) is 0 Å². The van der Waals surface area contributed by atoms with Gasteiger partial charge in [0.05, 0.1) is 5.69 Å². The second-order valence-electron chi connectivity index (χ2n) is 1.39. The molecule has 0 aliphatic carbocycles. The maximum Gasteiger partial charge on any atom is 0.102 e. The lowest BCUT2D eigenvalue weighted by molar-refractivity contribution is 1.42. The monoisotopic (exact) mass is 97.1 g/mol. The van der Waals surface area contributed by atoms with Gasteiger partial charge in [0.1, 0.15) is 5.82 Å². The van der Waals surface area contributed by atoms with Crippen LogP contribution < -0.4 is 11.5 Å². The summed E-state index contributed by atoms with van der Waals surface area (Å²) in [6.07, 6.45) is 1.65. The van der Waals surface area contributed by atoms with Gasteiger partial charge < -0.3 is 16.5 Å². The zero-order valence-electron chi connectivity index (χ0n) is 3.81. The van der Waals surface area contributed by atoms with Gasteiger partial charge in [0, 0.05) is 12.3 Å². The van der Waals surface area contributed by atoms with Crippen molar-refractivity contribution in [2.75, 3.05) is 11.5 Å². The van der Waals surface area contributed by atoms with E-state index in [1.165, 1.54) is 0 Å². The largest absolute Gasteiger partial charge is 0.397 e. The standard InChI is InChI=1S/C4H7N3/c5-3-1-4(6)7-2-3/h1-2,7H,5-6H2. The number of rotatable bonds is 0. The molecule has 0 aliphatic rings. The molecule has 1 heterocycles. The fourth-order valence-corrected chi connectivity index (χ4v) is 0.430. The molecule has 0 saturated carbocycles. The normalized spacial score (nSPS) is 9.14. The maximum absolute atomic E-state index is 5.27. The summed E-state index contributed by atoms with van der Waals surface area (Å²) in [5.74, 6) is 0.609. The summed E-state index contributed by atoms with van der Waals surface area (Å²) in [4.78, 5) is 2.72. The van der Waals surface area contributed by atoms with E-state index in [-0.39, 0.29) is 0 Å². The van der Waals surface area contributed by atoms with Gasteiger partial charge in [0.15, 0.2) is 0 Å². The minimum atomic E-state index is 0.609. The highest BCUT2D eigenvalue weighted by atomic mass is 14.8. The Morgan fingerprint density at radius 3 is 2.29 bits per heavy atom. The van der Waals surface area contributed by atoms with Crippen LogP contribution in [0.1, 0.15) is 0 Å². The minimum absolute atomic E-state index is 0.609. The molecule has 0 unspecified atom stereocenters. The first-order valence-electron chi connectivity index (χ1n) is 1.98. The fraction of sp³-hybridized carbons (Fsp3) is 0. The first kappa shape index (κ1) is 4.05. The molecule has 1 aromatic heterocycles. The molecule has 5 N–H and O–H groups in total. The number of anilines is 2. The third kappa shape index (κ3) is 0.652. The lowest BCUT2D eigenvalue weighted by atomic mass is 10.5. The smallest absolute Gasteiger partial charge is 0.102 e. The van der Waals surface area contributed by atoms with Crippen LogP contribution >= 0.6 is 0 Å². The van der Waals surface area contributed by atoms with Crippen LogP contribution in [0.3, 0.4) is 0 Å². The predicted octanol–water partition coefficient (Wildman–Crippen LogP) is 0.179. The highest BCUT2D eigenvalue weighted by Gasteiger charge is 1.83. The molecule has 3 nitrogen and oxygen atoms in total. The van der Waals surface area contributed by atoms with Gasteiger partial charge in [-0.3, -0.25) is 0 Å². The third-order valence-electron chi connectivity index (χ3n) is 0.728.